The van der Waals surface area contributed by atoms with E-state index in [4.69, 9.17) is 4.74 Å². The van der Waals surface area contributed by atoms with Crippen LogP contribution in [0.5, 0.6) is 5.75 Å². The lowest BCUT2D eigenvalue weighted by atomic mass is 9.87. The van der Waals surface area contributed by atoms with E-state index in [1.54, 1.807) is 0 Å². The molecule has 0 bridgehead atoms. The second-order valence-electron chi connectivity index (χ2n) is 8.26. The molecule has 152 valence electrons. The van der Waals surface area contributed by atoms with Crippen molar-refractivity contribution in [3.05, 3.63) is 78.4 Å². The molecule has 4 aromatic rings. The molecular weight excluding hydrogens is 374 g/mol. The van der Waals surface area contributed by atoms with Gasteiger partial charge < -0.3 is 4.74 Å². The van der Waals surface area contributed by atoms with Crippen LogP contribution in [-0.2, 0) is 10.2 Å². The molecule has 0 unspecified atom stereocenters. The molecule has 4 rings (SSSR count). The van der Waals surface area contributed by atoms with Crippen molar-refractivity contribution in [1.82, 2.24) is 10.4 Å². The first-order valence-electron chi connectivity index (χ1n) is 9.97. The van der Waals surface area contributed by atoms with Gasteiger partial charge in [0.2, 0.25) is 0 Å². The van der Waals surface area contributed by atoms with Crippen molar-refractivity contribution in [2.24, 2.45) is 0 Å². The highest BCUT2D eigenvalue weighted by Crippen LogP contribution is 2.30. The summed E-state index contributed by atoms with van der Waals surface area (Å²) in [5.74, 6) is 0.401. The zero-order valence-electron chi connectivity index (χ0n) is 17.4. The minimum atomic E-state index is -0.264. The lowest BCUT2D eigenvalue weighted by Crippen LogP contribution is -2.33. The predicted molar refractivity (Wildman–Crippen MR) is 122 cm³/mol. The Bertz CT molecular complexity index is 1140. The molecule has 5 heteroatoms. The van der Waals surface area contributed by atoms with Gasteiger partial charge in [0.15, 0.2) is 6.61 Å². The molecule has 0 aliphatic rings. The third-order valence-electron chi connectivity index (χ3n) is 5.00. The molecule has 0 aliphatic heterocycles. The quantitative estimate of drug-likeness (QED) is 0.357. The van der Waals surface area contributed by atoms with E-state index in [2.05, 4.69) is 36.6 Å². The maximum atomic E-state index is 12.4. The minimum absolute atomic E-state index is 0.0793. The van der Waals surface area contributed by atoms with Crippen LogP contribution >= 0.6 is 0 Å². The standard InChI is InChI=1S/C25H25N3O2/c1-25(2,3)17-12-14-18(15-13-17)30-16-23(29)27-28-24-19-8-4-6-10-21(19)26-22-11-7-5-9-20(22)24/h4-15H,16H2,1-3H3,(H,26,28)(H,27,29). The summed E-state index contributed by atoms with van der Waals surface area (Å²) >= 11 is 0. The highest BCUT2D eigenvalue weighted by molar-refractivity contribution is 6.07. The average Bonchev–Trinajstić information content (AvgIpc) is 2.75. The number of nitrogens with one attached hydrogen (secondary N) is 2. The molecule has 0 fully saturated rings. The first-order valence-corrected chi connectivity index (χ1v) is 9.97. The van der Waals surface area contributed by atoms with E-state index in [-0.39, 0.29) is 17.9 Å². The first kappa shape index (κ1) is 19.7. The van der Waals surface area contributed by atoms with Gasteiger partial charge >= 0.3 is 0 Å². The molecule has 5 nitrogen and oxygen atoms in total. The number of ether oxygens (including phenoxy) is 1. The molecule has 1 heterocycles. The second kappa shape index (κ2) is 8.03. The van der Waals surface area contributed by atoms with Gasteiger partial charge in [-0.3, -0.25) is 15.6 Å². The van der Waals surface area contributed by atoms with Crippen molar-refractivity contribution in [2.45, 2.75) is 26.2 Å². The molecule has 0 spiro atoms. The minimum Gasteiger partial charge on any atom is -0.484 e. The van der Waals surface area contributed by atoms with E-state index in [1.807, 2.05) is 72.8 Å². The molecule has 0 saturated heterocycles. The monoisotopic (exact) mass is 399 g/mol. The highest BCUT2D eigenvalue weighted by atomic mass is 16.5. The van der Waals surface area contributed by atoms with E-state index < -0.39 is 0 Å². The van der Waals surface area contributed by atoms with Crippen molar-refractivity contribution in [3.8, 4) is 5.75 Å². The Kier molecular flexibility index (Phi) is 5.27. The van der Waals surface area contributed by atoms with Crippen LogP contribution in [-0.4, -0.2) is 17.5 Å². The van der Waals surface area contributed by atoms with E-state index >= 15 is 0 Å². The SMILES string of the molecule is CC(C)(C)c1ccc(OCC(=O)NNc2c3ccccc3nc3ccccc23)cc1. The van der Waals surface area contributed by atoms with Gasteiger partial charge in [0.05, 0.1) is 16.7 Å². The number of carbonyl (C=O) groups is 1. The summed E-state index contributed by atoms with van der Waals surface area (Å²) in [5, 5.41) is 1.88. The number of fused-ring (bicyclic) bond motifs is 2. The largest absolute Gasteiger partial charge is 0.484 e. The number of pyridine rings is 1. The number of anilines is 1. The summed E-state index contributed by atoms with van der Waals surface area (Å²) in [6, 6.07) is 23.5. The highest BCUT2D eigenvalue weighted by Gasteiger charge is 2.13. The van der Waals surface area contributed by atoms with Crippen molar-refractivity contribution in [2.75, 3.05) is 12.0 Å². The maximum Gasteiger partial charge on any atom is 0.276 e. The summed E-state index contributed by atoms with van der Waals surface area (Å²) in [6.07, 6.45) is 0. The molecule has 2 N–H and O–H groups in total. The Morgan fingerprint density at radius 1 is 0.867 bits per heavy atom. The normalized spacial score (nSPS) is 11.4. The van der Waals surface area contributed by atoms with Crippen LogP contribution in [0.4, 0.5) is 5.69 Å². The average molecular weight is 399 g/mol. The summed E-state index contributed by atoms with van der Waals surface area (Å²) in [6.45, 7) is 6.40. The van der Waals surface area contributed by atoms with E-state index in [1.165, 1.54) is 5.56 Å². The number of amides is 1. The van der Waals surface area contributed by atoms with E-state index in [0.29, 0.717) is 5.75 Å². The zero-order valence-corrected chi connectivity index (χ0v) is 17.4. The zero-order chi connectivity index (χ0) is 21.1. The van der Waals surface area contributed by atoms with Crippen LogP contribution in [0.3, 0.4) is 0 Å². The predicted octanol–water partition coefficient (Wildman–Crippen LogP) is 5.21. The number of hydrazine groups is 1. The first-order chi connectivity index (χ1) is 14.4. The van der Waals surface area contributed by atoms with Crippen LogP contribution < -0.4 is 15.6 Å². The Balaban J connectivity index is 1.45. The third-order valence-corrected chi connectivity index (χ3v) is 5.00. The van der Waals surface area contributed by atoms with Gasteiger partial charge in [0.25, 0.3) is 5.91 Å². The van der Waals surface area contributed by atoms with Crippen molar-refractivity contribution in [3.63, 3.8) is 0 Å². The molecule has 3 aromatic carbocycles. The topological polar surface area (TPSA) is 63.2 Å². The maximum absolute atomic E-state index is 12.4. The van der Waals surface area contributed by atoms with Crippen molar-refractivity contribution in [1.29, 1.82) is 0 Å². The van der Waals surface area contributed by atoms with Gasteiger partial charge in [-0.2, -0.15) is 0 Å². The van der Waals surface area contributed by atoms with Crippen LogP contribution in [0, 0.1) is 0 Å². The lowest BCUT2D eigenvalue weighted by molar-refractivity contribution is -0.122. The second-order valence-corrected chi connectivity index (χ2v) is 8.26. The molecule has 0 saturated carbocycles. The number of hydrogen-bond donors (Lipinski definition) is 2. The number of carbonyl (C=O) groups excluding carboxylic acids is 1. The van der Waals surface area contributed by atoms with E-state index in [0.717, 1.165) is 27.5 Å². The summed E-state index contributed by atoms with van der Waals surface area (Å²) < 4.78 is 5.63. The van der Waals surface area contributed by atoms with Crippen LogP contribution in [0.25, 0.3) is 21.8 Å². The third kappa shape index (κ3) is 4.20. The Morgan fingerprint density at radius 3 is 2.00 bits per heavy atom. The van der Waals surface area contributed by atoms with Crippen LogP contribution in [0.2, 0.25) is 0 Å². The number of aromatic nitrogens is 1. The molecule has 1 aromatic heterocycles. The van der Waals surface area contributed by atoms with Gasteiger partial charge in [-0.05, 0) is 35.2 Å². The molecule has 0 radical (unpaired) electrons. The fourth-order valence-electron chi connectivity index (χ4n) is 3.34. The fraction of sp³-hybridized carbons (Fsp3) is 0.200. The Morgan fingerprint density at radius 2 is 1.43 bits per heavy atom. The summed E-state index contributed by atoms with van der Waals surface area (Å²) in [7, 11) is 0. The number of benzene rings is 3. The number of hydrogen-bond acceptors (Lipinski definition) is 4. The summed E-state index contributed by atoms with van der Waals surface area (Å²) in [4.78, 5) is 17.1. The van der Waals surface area contributed by atoms with Gasteiger partial charge in [0, 0.05) is 10.8 Å². The molecule has 1 amide bonds. The Hall–Kier alpha value is -3.60. The number of nitrogens with zero attached hydrogens (tertiary/aromatic N) is 1. The lowest BCUT2D eigenvalue weighted by Gasteiger charge is -2.19. The van der Waals surface area contributed by atoms with Crippen molar-refractivity contribution < 1.29 is 9.53 Å². The number of rotatable bonds is 5. The Labute approximate surface area is 176 Å². The molecule has 0 atom stereocenters. The van der Waals surface area contributed by atoms with E-state index in [9.17, 15) is 4.79 Å². The van der Waals surface area contributed by atoms with Gasteiger partial charge in [0.1, 0.15) is 5.75 Å². The smallest absolute Gasteiger partial charge is 0.276 e. The molecule has 30 heavy (non-hydrogen) atoms. The van der Waals surface area contributed by atoms with Crippen LogP contribution in [0.15, 0.2) is 72.8 Å². The molecular formula is C25H25N3O2. The molecule has 0 aliphatic carbocycles. The summed E-state index contributed by atoms with van der Waals surface area (Å²) in [5.41, 5.74) is 9.67. The van der Waals surface area contributed by atoms with Crippen LogP contribution in [0.1, 0.15) is 26.3 Å². The van der Waals surface area contributed by atoms with Gasteiger partial charge in [-0.1, -0.05) is 69.3 Å². The fourth-order valence-corrected chi connectivity index (χ4v) is 3.34. The van der Waals surface area contributed by atoms with Gasteiger partial charge in [-0.15, -0.1) is 0 Å². The van der Waals surface area contributed by atoms with Gasteiger partial charge in [-0.25, -0.2) is 4.98 Å². The number of para-hydroxylation sites is 2. The van der Waals surface area contributed by atoms with Crippen molar-refractivity contribution >= 4 is 33.4 Å².